The molecule has 5 nitrogen and oxygen atoms in total. The van der Waals surface area contributed by atoms with Crippen molar-refractivity contribution in [2.75, 3.05) is 18.9 Å². The van der Waals surface area contributed by atoms with Crippen LogP contribution < -0.4 is 5.32 Å². The highest BCUT2D eigenvalue weighted by Gasteiger charge is 2.65. The molecule has 1 saturated carbocycles. The lowest BCUT2D eigenvalue weighted by molar-refractivity contribution is -0.118. The van der Waals surface area contributed by atoms with Crippen LogP contribution in [-0.4, -0.2) is 34.6 Å². The van der Waals surface area contributed by atoms with Crippen molar-refractivity contribution in [3.63, 3.8) is 0 Å². The fraction of sp³-hybridized carbons (Fsp3) is 0.241. The molecule has 3 heterocycles. The van der Waals surface area contributed by atoms with Crippen molar-refractivity contribution < 1.29 is 4.79 Å². The molecular formula is C29H26N4O. The summed E-state index contributed by atoms with van der Waals surface area (Å²) >= 11 is 0. The first kappa shape index (κ1) is 19.7. The van der Waals surface area contributed by atoms with Crippen molar-refractivity contribution in [2.45, 2.75) is 30.7 Å². The van der Waals surface area contributed by atoms with E-state index in [4.69, 9.17) is 0 Å². The van der Waals surface area contributed by atoms with Crippen LogP contribution in [0.4, 0.5) is 5.69 Å². The molecule has 1 aromatic heterocycles. The Morgan fingerprint density at radius 3 is 2.91 bits per heavy atom. The molecule has 1 aliphatic carbocycles. The Hall–Kier alpha value is -3.70. The fourth-order valence-electron chi connectivity index (χ4n) is 5.95. The number of amides is 1. The smallest absolute Gasteiger partial charge is 0.235 e. The van der Waals surface area contributed by atoms with Crippen molar-refractivity contribution in [1.82, 2.24) is 15.1 Å². The summed E-state index contributed by atoms with van der Waals surface area (Å²) in [6.45, 7) is 2.14. The standard InChI is InChI=1S/C29H26N4O/c1-33-13-12-19-8-6-18(14-21(19)17-33)7-11-25-22-10-9-20(15-27(22)32-31-25)24-16-29(24)23-4-2-3-5-26(23)30-28(29)34/h2-11,14-15,24H,12-13,16-17H2,1H3,(H,30,34)(H,31,32)/t24-,29-/m0/s1. The molecule has 0 bridgehead atoms. The third-order valence-corrected chi connectivity index (χ3v) is 7.91. The highest BCUT2D eigenvalue weighted by molar-refractivity contribution is 6.09. The Labute approximate surface area is 198 Å². The lowest BCUT2D eigenvalue weighted by Crippen LogP contribution is -2.26. The maximum atomic E-state index is 12.9. The summed E-state index contributed by atoms with van der Waals surface area (Å²) in [5.74, 6) is 0.333. The highest BCUT2D eigenvalue weighted by atomic mass is 16.2. The van der Waals surface area contributed by atoms with Crippen molar-refractivity contribution in [2.24, 2.45) is 0 Å². The number of nitrogens with one attached hydrogen (secondary N) is 2. The SMILES string of the molecule is CN1CCc2ccc(C=Cc3n[nH]c4cc([C@@H]5C[C@@]56C(=O)Nc5ccccc56)ccc34)cc2C1. The van der Waals surface area contributed by atoms with E-state index in [1.54, 1.807) is 0 Å². The van der Waals surface area contributed by atoms with E-state index in [-0.39, 0.29) is 11.8 Å². The van der Waals surface area contributed by atoms with Crippen molar-refractivity contribution >= 4 is 34.6 Å². The van der Waals surface area contributed by atoms with Crippen LogP contribution in [0.5, 0.6) is 0 Å². The third kappa shape index (κ3) is 2.90. The average Bonchev–Trinajstić information content (AvgIpc) is 3.38. The number of carbonyl (C=O) groups excluding carboxylic acids is 1. The number of rotatable bonds is 3. The van der Waals surface area contributed by atoms with Gasteiger partial charge in [-0.2, -0.15) is 5.10 Å². The van der Waals surface area contributed by atoms with Gasteiger partial charge in [-0.1, -0.05) is 54.6 Å². The Morgan fingerprint density at radius 1 is 1.06 bits per heavy atom. The van der Waals surface area contributed by atoms with Crippen LogP contribution in [0.15, 0.2) is 60.7 Å². The number of aromatic nitrogens is 2. The molecule has 5 heteroatoms. The van der Waals surface area contributed by atoms with E-state index in [9.17, 15) is 4.79 Å². The molecule has 0 unspecified atom stereocenters. The molecule has 34 heavy (non-hydrogen) atoms. The van der Waals surface area contributed by atoms with Gasteiger partial charge in [-0.15, -0.1) is 0 Å². The first-order chi connectivity index (χ1) is 16.6. The zero-order valence-corrected chi connectivity index (χ0v) is 19.1. The van der Waals surface area contributed by atoms with Gasteiger partial charge >= 0.3 is 0 Å². The lowest BCUT2D eigenvalue weighted by atomic mass is 9.92. The maximum absolute atomic E-state index is 12.9. The van der Waals surface area contributed by atoms with Gasteiger partial charge in [0.1, 0.15) is 0 Å². The summed E-state index contributed by atoms with van der Waals surface area (Å²) in [5, 5.41) is 12.0. The van der Waals surface area contributed by atoms with Gasteiger partial charge in [0, 0.05) is 30.1 Å². The second-order valence-electron chi connectivity index (χ2n) is 9.99. The lowest BCUT2D eigenvalue weighted by Gasteiger charge is -2.25. The molecule has 1 spiro atoms. The Morgan fingerprint density at radius 2 is 1.97 bits per heavy atom. The Bertz CT molecular complexity index is 1500. The number of carbonyl (C=O) groups is 1. The van der Waals surface area contributed by atoms with E-state index < -0.39 is 5.41 Å². The minimum Gasteiger partial charge on any atom is -0.325 e. The van der Waals surface area contributed by atoms with E-state index in [1.165, 1.54) is 22.3 Å². The maximum Gasteiger partial charge on any atom is 0.235 e. The molecule has 4 aromatic rings. The second kappa shape index (κ2) is 7.15. The number of benzene rings is 3. The van der Waals surface area contributed by atoms with E-state index in [2.05, 4.69) is 82.1 Å². The van der Waals surface area contributed by atoms with Gasteiger partial charge in [0.15, 0.2) is 0 Å². The molecule has 168 valence electrons. The van der Waals surface area contributed by atoms with Gasteiger partial charge in [-0.3, -0.25) is 9.89 Å². The normalized spacial score (nSPS) is 23.4. The van der Waals surface area contributed by atoms with Crippen LogP contribution in [-0.2, 0) is 23.2 Å². The van der Waals surface area contributed by atoms with E-state index in [1.807, 2.05) is 18.2 Å². The fourth-order valence-corrected chi connectivity index (χ4v) is 5.95. The molecule has 3 aromatic carbocycles. The number of nitrogens with zero attached hydrogens (tertiary/aromatic N) is 2. The zero-order valence-electron chi connectivity index (χ0n) is 19.1. The summed E-state index contributed by atoms with van der Waals surface area (Å²) in [7, 11) is 2.18. The number of fused-ring (bicyclic) bond motifs is 4. The molecule has 0 saturated heterocycles. The van der Waals surface area contributed by atoms with Gasteiger partial charge in [0.05, 0.1) is 16.6 Å². The van der Waals surface area contributed by atoms with E-state index >= 15 is 0 Å². The average molecular weight is 447 g/mol. The van der Waals surface area contributed by atoms with Crippen LogP contribution in [0.1, 0.15) is 45.8 Å². The predicted molar refractivity (Wildman–Crippen MR) is 136 cm³/mol. The minimum absolute atomic E-state index is 0.128. The first-order valence-electron chi connectivity index (χ1n) is 12.0. The van der Waals surface area contributed by atoms with Gasteiger partial charge in [-0.25, -0.2) is 0 Å². The molecule has 1 fully saturated rings. The van der Waals surface area contributed by atoms with Gasteiger partial charge in [0.25, 0.3) is 0 Å². The van der Waals surface area contributed by atoms with Crippen molar-refractivity contribution in [3.8, 4) is 0 Å². The number of para-hydroxylation sites is 1. The summed E-state index contributed by atoms with van der Waals surface area (Å²) in [4.78, 5) is 15.2. The molecular weight excluding hydrogens is 420 g/mol. The van der Waals surface area contributed by atoms with Gasteiger partial charge < -0.3 is 10.2 Å². The molecule has 2 atom stereocenters. The van der Waals surface area contributed by atoms with Crippen LogP contribution in [0.2, 0.25) is 0 Å². The van der Waals surface area contributed by atoms with E-state index in [0.29, 0.717) is 0 Å². The number of anilines is 1. The molecule has 3 aliphatic rings. The second-order valence-corrected chi connectivity index (χ2v) is 9.99. The van der Waals surface area contributed by atoms with Gasteiger partial charge in [-0.05, 0) is 65.9 Å². The van der Waals surface area contributed by atoms with Crippen molar-refractivity contribution in [1.29, 1.82) is 0 Å². The van der Waals surface area contributed by atoms with Crippen LogP contribution >= 0.6 is 0 Å². The quantitative estimate of drug-likeness (QED) is 0.460. The summed E-state index contributed by atoms with van der Waals surface area (Å²) in [6.07, 6.45) is 6.22. The van der Waals surface area contributed by atoms with Crippen LogP contribution in [0.3, 0.4) is 0 Å². The minimum atomic E-state index is -0.409. The number of likely N-dealkylation sites (N-methyl/N-ethyl adjacent to an activating group) is 1. The summed E-state index contributed by atoms with van der Waals surface area (Å²) in [5.41, 5.74) is 8.91. The molecule has 2 aliphatic heterocycles. The first-order valence-corrected chi connectivity index (χ1v) is 12.0. The monoisotopic (exact) mass is 446 g/mol. The van der Waals surface area contributed by atoms with E-state index in [0.717, 1.165) is 53.8 Å². The number of hydrogen-bond acceptors (Lipinski definition) is 3. The molecule has 0 radical (unpaired) electrons. The molecule has 1 amide bonds. The highest BCUT2D eigenvalue weighted by Crippen LogP contribution is 2.64. The van der Waals surface area contributed by atoms with Crippen LogP contribution in [0.25, 0.3) is 23.1 Å². The molecule has 2 N–H and O–H groups in total. The van der Waals surface area contributed by atoms with Crippen LogP contribution in [0, 0.1) is 0 Å². The third-order valence-electron chi connectivity index (χ3n) is 7.91. The Kier molecular flexibility index (Phi) is 4.15. The van der Waals surface area contributed by atoms with Crippen molar-refractivity contribution in [3.05, 3.63) is 94.2 Å². The Balaban J connectivity index is 1.16. The number of aromatic amines is 1. The number of hydrogen-bond donors (Lipinski definition) is 2. The zero-order chi connectivity index (χ0) is 22.9. The summed E-state index contributed by atoms with van der Waals surface area (Å²) < 4.78 is 0. The predicted octanol–water partition coefficient (Wildman–Crippen LogP) is 5.10. The molecule has 7 rings (SSSR count). The topological polar surface area (TPSA) is 61.0 Å². The van der Waals surface area contributed by atoms with Gasteiger partial charge in [0.2, 0.25) is 5.91 Å². The largest absolute Gasteiger partial charge is 0.325 e. The number of H-pyrrole nitrogens is 1. The summed E-state index contributed by atoms with van der Waals surface area (Å²) in [6, 6.07) is 21.3.